The van der Waals surface area contributed by atoms with Crippen LogP contribution in [-0.4, -0.2) is 26.2 Å². The van der Waals surface area contributed by atoms with Crippen LogP contribution in [0.4, 0.5) is 28.4 Å². The number of nitrogens with zero attached hydrogens (tertiary/aromatic N) is 5. The molecule has 1 saturated heterocycles. The van der Waals surface area contributed by atoms with Gasteiger partial charge in [-0.05, 0) is 18.4 Å². The van der Waals surface area contributed by atoms with E-state index < -0.39 is 42.8 Å². The Morgan fingerprint density at radius 2 is 1.28 bits per heavy atom. The second kappa shape index (κ2) is 7.46. The largest absolute Gasteiger partial charge is 0.353 e. The fourth-order valence-corrected chi connectivity index (χ4v) is 3.47. The van der Waals surface area contributed by atoms with Crippen molar-refractivity contribution in [1.29, 1.82) is 0 Å². The number of rotatable bonds is 6. The van der Waals surface area contributed by atoms with Crippen LogP contribution >= 0.6 is 0 Å². The molecule has 1 aliphatic rings. The lowest BCUT2D eigenvalue weighted by Crippen LogP contribution is -2.24. The van der Waals surface area contributed by atoms with Gasteiger partial charge in [-0.1, -0.05) is 12.1 Å². The molecule has 1 atom stereocenters. The number of nitro groups is 4. The molecule has 0 bridgehead atoms. The van der Waals surface area contributed by atoms with Crippen LogP contribution in [-0.2, 0) is 0 Å². The normalized spacial score (nSPS) is 15.9. The Hall–Kier alpha value is -4.16. The van der Waals surface area contributed by atoms with Gasteiger partial charge in [0.2, 0.25) is 0 Å². The Labute approximate surface area is 161 Å². The van der Waals surface area contributed by atoms with Gasteiger partial charge < -0.3 is 4.90 Å². The van der Waals surface area contributed by atoms with Gasteiger partial charge >= 0.3 is 11.4 Å². The molecule has 13 nitrogen and oxygen atoms in total. The van der Waals surface area contributed by atoms with E-state index in [4.69, 9.17) is 0 Å². The van der Waals surface area contributed by atoms with Gasteiger partial charge in [0.1, 0.15) is 0 Å². The first kappa shape index (κ1) is 19.6. The zero-order valence-electron chi connectivity index (χ0n) is 14.7. The van der Waals surface area contributed by atoms with Crippen LogP contribution in [0.1, 0.15) is 24.4 Å². The van der Waals surface area contributed by atoms with Crippen LogP contribution in [0.25, 0.3) is 0 Å². The first-order chi connectivity index (χ1) is 13.7. The van der Waals surface area contributed by atoms with Crippen molar-refractivity contribution in [3.8, 4) is 0 Å². The molecule has 1 aliphatic heterocycles. The molecule has 1 heterocycles. The Bertz CT molecular complexity index is 987. The van der Waals surface area contributed by atoms with Gasteiger partial charge in [-0.25, -0.2) is 0 Å². The average Bonchev–Trinajstić information content (AvgIpc) is 3.16. The summed E-state index contributed by atoms with van der Waals surface area (Å²) in [4.78, 5) is 43.2. The predicted octanol–water partition coefficient (Wildman–Crippen LogP) is 3.66. The third-order valence-corrected chi connectivity index (χ3v) is 4.69. The van der Waals surface area contributed by atoms with Gasteiger partial charge in [-0.15, -0.1) is 0 Å². The van der Waals surface area contributed by atoms with Gasteiger partial charge in [0, 0.05) is 18.7 Å². The van der Waals surface area contributed by atoms with Crippen molar-refractivity contribution in [3.63, 3.8) is 0 Å². The molecular weight excluding hydrogens is 390 g/mol. The average molecular weight is 403 g/mol. The maximum Gasteiger partial charge on any atom is 0.306 e. The molecular formula is C16H13N5O8. The van der Waals surface area contributed by atoms with Crippen molar-refractivity contribution in [2.24, 2.45) is 0 Å². The van der Waals surface area contributed by atoms with E-state index in [2.05, 4.69) is 0 Å². The maximum absolute atomic E-state index is 11.5. The van der Waals surface area contributed by atoms with E-state index in [-0.39, 0.29) is 17.9 Å². The molecule has 150 valence electrons. The Morgan fingerprint density at radius 3 is 1.72 bits per heavy atom. The van der Waals surface area contributed by atoms with Crippen molar-refractivity contribution >= 4 is 28.4 Å². The molecule has 0 amide bonds. The van der Waals surface area contributed by atoms with Crippen LogP contribution in [0, 0.1) is 40.5 Å². The lowest BCUT2D eigenvalue weighted by molar-refractivity contribution is -0.402. The van der Waals surface area contributed by atoms with Gasteiger partial charge in [-0.3, -0.25) is 40.5 Å². The fraction of sp³-hybridized carbons (Fsp3) is 0.250. The van der Waals surface area contributed by atoms with E-state index in [0.29, 0.717) is 30.5 Å². The summed E-state index contributed by atoms with van der Waals surface area (Å²) in [7, 11) is 0. The van der Waals surface area contributed by atoms with Crippen LogP contribution in [0.2, 0.25) is 0 Å². The Kier molecular flexibility index (Phi) is 5.04. The summed E-state index contributed by atoms with van der Waals surface area (Å²) in [6.07, 6.45) is 1.07. The van der Waals surface area contributed by atoms with Crippen LogP contribution < -0.4 is 4.90 Å². The number of hydrogen-bond acceptors (Lipinski definition) is 9. The maximum atomic E-state index is 11.5. The predicted molar refractivity (Wildman–Crippen MR) is 98.8 cm³/mol. The van der Waals surface area contributed by atoms with Crippen molar-refractivity contribution < 1.29 is 19.7 Å². The molecule has 0 saturated carbocycles. The summed E-state index contributed by atoms with van der Waals surface area (Å²) in [6.45, 7) is 0.251. The van der Waals surface area contributed by atoms with E-state index in [0.717, 1.165) is 0 Å². The second-order valence-corrected chi connectivity index (χ2v) is 6.30. The van der Waals surface area contributed by atoms with Crippen molar-refractivity contribution in [1.82, 2.24) is 0 Å². The first-order valence-corrected chi connectivity index (χ1v) is 8.33. The van der Waals surface area contributed by atoms with E-state index in [1.165, 1.54) is 29.2 Å². The number of anilines is 1. The molecule has 0 N–H and O–H groups in total. The summed E-state index contributed by atoms with van der Waals surface area (Å²) in [5.74, 6) is 0. The summed E-state index contributed by atoms with van der Waals surface area (Å²) in [5.41, 5.74) is -2.08. The smallest absolute Gasteiger partial charge is 0.306 e. The minimum absolute atomic E-state index is 0.134. The molecule has 2 aromatic rings. The van der Waals surface area contributed by atoms with Gasteiger partial charge in [0.25, 0.3) is 11.4 Å². The number of benzene rings is 2. The monoisotopic (exact) mass is 403 g/mol. The molecule has 1 fully saturated rings. The highest BCUT2D eigenvalue weighted by atomic mass is 16.6. The van der Waals surface area contributed by atoms with E-state index in [9.17, 15) is 40.5 Å². The SMILES string of the molecule is O=[N+]([O-])c1ccc(C2CCCN2c2c([N+](=O)[O-])cc([N+](=O)[O-])cc2[N+](=O)[O-])cc1. The summed E-state index contributed by atoms with van der Waals surface area (Å²) < 4.78 is 0. The first-order valence-electron chi connectivity index (χ1n) is 8.33. The van der Waals surface area contributed by atoms with E-state index in [1.807, 2.05) is 0 Å². The highest BCUT2D eigenvalue weighted by molar-refractivity contribution is 5.79. The number of hydrogen-bond donors (Lipinski definition) is 0. The van der Waals surface area contributed by atoms with Crippen LogP contribution in [0.3, 0.4) is 0 Å². The molecule has 2 aromatic carbocycles. The highest BCUT2D eigenvalue weighted by Crippen LogP contribution is 2.47. The van der Waals surface area contributed by atoms with Crippen LogP contribution in [0.15, 0.2) is 36.4 Å². The van der Waals surface area contributed by atoms with Crippen molar-refractivity contribution in [2.45, 2.75) is 18.9 Å². The molecule has 0 aromatic heterocycles. The minimum atomic E-state index is -0.929. The third kappa shape index (κ3) is 3.65. The summed E-state index contributed by atoms with van der Waals surface area (Å²) in [5, 5.41) is 45.0. The highest BCUT2D eigenvalue weighted by Gasteiger charge is 2.39. The lowest BCUT2D eigenvalue weighted by Gasteiger charge is -2.26. The molecule has 13 heteroatoms. The van der Waals surface area contributed by atoms with E-state index in [1.54, 1.807) is 0 Å². The standard InChI is InChI=1S/C16H13N5O8/c22-18(23)11-5-3-10(4-6-11)13-2-1-7-17(13)16-14(20(26)27)8-12(19(24)25)9-15(16)21(28)29/h3-6,8-9,13H,1-2,7H2. The van der Waals surface area contributed by atoms with Crippen molar-refractivity contribution in [3.05, 3.63) is 82.4 Å². The zero-order valence-corrected chi connectivity index (χ0v) is 14.7. The molecule has 3 rings (SSSR count). The third-order valence-electron chi connectivity index (χ3n) is 4.69. The Morgan fingerprint density at radius 1 is 0.759 bits per heavy atom. The molecule has 1 unspecified atom stereocenters. The molecule has 0 spiro atoms. The quantitative estimate of drug-likeness (QED) is 0.514. The van der Waals surface area contributed by atoms with Gasteiger partial charge in [0.15, 0.2) is 5.69 Å². The second-order valence-electron chi connectivity index (χ2n) is 6.30. The van der Waals surface area contributed by atoms with Gasteiger partial charge in [0.05, 0.1) is 37.9 Å². The summed E-state index contributed by atoms with van der Waals surface area (Å²) >= 11 is 0. The molecule has 0 radical (unpaired) electrons. The fourth-order valence-electron chi connectivity index (χ4n) is 3.47. The van der Waals surface area contributed by atoms with E-state index >= 15 is 0 Å². The molecule has 0 aliphatic carbocycles. The Balaban J connectivity index is 2.14. The van der Waals surface area contributed by atoms with Crippen molar-refractivity contribution in [2.75, 3.05) is 11.4 Å². The van der Waals surface area contributed by atoms with Crippen LogP contribution in [0.5, 0.6) is 0 Å². The lowest BCUT2D eigenvalue weighted by atomic mass is 10.0. The minimum Gasteiger partial charge on any atom is -0.353 e. The van der Waals surface area contributed by atoms with Gasteiger partial charge in [-0.2, -0.15) is 0 Å². The zero-order chi connectivity index (χ0) is 21.3. The summed E-state index contributed by atoms with van der Waals surface area (Å²) in [6, 6.07) is 6.44. The number of non-ortho nitro benzene ring substituents is 2. The number of nitro benzene ring substituents is 4. The molecule has 29 heavy (non-hydrogen) atoms. The topological polar surface area (TPSA) is 176 Å².